The fraction of sp³-hybridized carbons (Fsp3) is 0.0909. The van der Waals surface area contributed by atoms with Crippen molar-refractivity contribution in [2.75, 3.05) is 7.11 Å². The van der Waals surface area contributed by atoms with Gasteiger partial charge in [-0.05, 0) is 54.2 Å². The number of oxazole rings is 1. The minimum Gasteiger partial charge on any atom is -0.494 e. The van der Waals surface area contributed by atoms with Gasteiger partial charge in [0.2, 0.25) is 5.89 Å². The van der Waals surface area contributed by atoms with Gasteiger partial charge in [0.1, 0.15) is 5.75 Å². The third-order valence-electron chi connectivity index (χ3n) is 4.50. The first kappa shape index (κ1) is 22.0. The Morgan fingerprint density at radius 1 is 1.19 bits per heavy atom. The number of carbonyl (C=O) groups excluding carboxylic acids is 1. The lowest BCUT2D eigenvalue weighted by molar-refractivity contribution is 0.0973. The molecular weight excluding hydrogens is 471 g/mol. The number of carbonyl (C=O) groups is 1. The van der Waals surface area contributed by atoms with Gasteiger partial charge in [0.15, 0.2) is 16.3 Å². The first-order valence-corrected chi connectivity index (χ1v) is 10.5. The summed E-state index contributed by atoms with van der Waals surface area (Å²) in [5, 5.41) is 6.29. The number of rotatable bonds is 5. The van der Waals surface area contributed by atoms with Crippen LogP contribution in [-0.2, 0) is 6.54 Å². The molecule has 0 unspecified atom stereocenters. The molecule has 0 radical (unpaired) electrons. The summed E-state index contributed by atoms with van der Waals surface area (Å²) in [6, 6.07) is 14.2. The highest BCUT2D eigenvalue weighted by Crippen LogP contribution is 2.32. The molecule has 0 saturated heterocycles. The Bertz CT molecular complexity index is 1280. The fourth-order valence-electron chi connectivity index (χ4n) is 2.99. The molecule has 0 bridgehead atoms. The molecule has 0 atom stereocenters. The summed E-state index contributed by atoms with van der Waals surface area (Å²) in [4.78, 5) is 21.1. The highest BCUT2D eigenvalue weighted by Gasteiger charge is 2.18. The monoisotopic (exact) mass is 486 g/mol. The second kappa shape index (κ2) is 9.52. The van der Waals surface area contributed by atoms with Crippen molar-refractivity contribution in [3.8, 4) is 17.2 Å². The molecular formula is C22H16Cl2N4O3S. The molecule has 0 aliphatic heterocycles. The van der Waals surface area contributed by atoms with Crippen molar-refractivity contribution in [3.05, 3.63) is 75.9 Å². The summed E-state index contributed by atoms with van der Waals surface area (Å²) in [6.07, 6.45) is 1.67. The van der Waals surface area contributed by atoms with Crippen LogP contribution in [0.1, 0.15) is 15.9 Å². The maximum Gasteiger partial charge on any atom is 0.261 e. The molecule has 0 spiro atoms. The topological polar surface area (TPSA) is 89.3 Å². The average molecular weight is 487 g/mol. The van der Waals surface area contributed by atoms with E-state index in [1.165, 1.54) is 19.2 Å². The largest absolute Gasteiger partial charge is 0.494 e. The van der Waals surface area contributed by atoms with Crippen LogP contribution in [0.25, 0.3) is 22.7 Å². The number of methoxy groups -OCH3 is 1. The summed E-state index contributed by atoms with van der Waals surface area (Å²) in [5.41, 5.74) is 3.15. The predicted molar refractivity (Wildman–Crippen MR) is 127 cm³/mol. The van der Waals surface area contributed by atoms with Crippen molar-refractivity contribution < 1.29 is 13.9 Å². The number of ether oxygens (including phenoxy) is 1. The van der Waals surface area contributed by atoms with Crippen LogP contribution >= 0.6 is 35.4 Å². The summed E-state index contributed by atoms with van der Waals surface area (Å²) in [7, 11) is 1.42. The Morgan fingerprint density at radius 2 is 1.97 bits per heavy atom. The Morgan fingerprint density at radius 3 is 2.69 bits per heavy atom. The van der Waals surface area contributed by atoms with Crippen LogP contribution < -0.4 is 15.4 Å². The number of pyridine rings is 1. The van der Waals surface area contributed by atoms with Gasteiger partial charge in [0.25, 0.3) is 5.91 Å². The minimum atomic E-state index is -0.483. The summed E-state index contributed by atoms with van der Waals surface area (Å²) >= 11 is 17.3. The van der Waals surface area contributed by atoms with Gasteiger partial charge in [-0.25, -0.2) is 4.98 Å². The highest BCUT2D eigenvalue weighted by molar-refractivity contribution is 7.80. The van der Waals surface area contributed by atoms with E-state index in [0.717, 1.165) is 11.1 Å². The molecule has 2 heterocycles. The first-order chi connectivity index (χ1) is 15.4. The zero-order valence-electron chi connectivity index (χ0n) is 16.7. The van der Waals surface area contributed by atoms with E-state index in [0.29, 0.717) is 28.7 Å². The lowest BCUT2D eigenvalue weighted by Crippen LogP contribution is -2.39. The van der Waals surface area contributed by atoms with Gasteiger partial charge in [-0.1, -0.05) is 35.3 Å². The fourth-order valence-corrected chi connectivity index (χ4v) is 3.73. The van der Waals surface area contributed by atoms with Crippen LogP contribution in [0, 0.1) is 0 Å². The molecule has 32 heavy (non-hydrogen) atoms. The minimum absolute atomic E-state index is 0.155. The van der Waals surface area contributed by atoms with E-state index < -0.39 is 5.91 Å². The van der Waals surface area contributed by atoms with Gasteiger partial charge < -0.3 is 14.5 Å². The zero-order valence-corrected chi connectivity index (χ0v) is 19.0. The molecule has 0 aliphatic rings. The zero-order chi connectivity index (χ0) is 22.7. The third kappa shape index (κ3) is 4.83. The maximum absolute atomic E-state index is 12.6. The third-order valence-corrected chi connectivity index (χ3v) is 5.25. The van der Waals surface area contributed by atoms with Crippen LogP contribution in [-0.4, -0.2) is 28.1 Å². The summed E-state index contributed by atoms with van der Waals surface area (Å²) in [5.74, 6) is 0.236. The van der Waals surface area contributed by atoms with Gasteiger partial charge in [0.05, 0.1) is 17.7 Å². The van der Waals surface area contributed by atoms with E-state index in [2.05, 4.69) is 20.6 Å². The lowest BCUT2D eigenvalue weighted by Gasteiger charge is -2.13. The molecule has 1 amide bonds. The molecule has 0 saturated carbocycles. The number of halogens is 2. The number of aromatic nitrogens is 2. The highest BCUT2D eigenvalue weighted by atomic mass is 35.5. The van der Waals surface area contributed by atoms with Gasteiger partial charge in [-0.2, -0.15) is 4.98 Å². The Labute approximate surface area is 198 Å². The number of fused-ring (bicyclic) bond motifs is 1. The van der Waals surface area contributed by atoms with Crippen LogP contribution in [0.2, 0.25) is 10.0 Å². The van der Waals surface area contributed by atoms with Crippen LogP contribution in [0.15, 0.2) is 59.1 Å². The van der Waals surface area contributed by atoms with Crippen molar-refractivity contribution in [1.82, 2.24) is 20.6 Å². The molecule has 162 valence electrons. The van der Waals surface area contributed by atoms with Crippen molar-refractivity contribution in [2.45, 2.75) is 6.54 Å². The van der Waals surface area contributed by atoms with E-state index in [1.54, 1.807) is 12.3 Å². The number of benzene rings is 2. The van der Waals surface area contributed by atoms with E-state index in [9.17, 15) is 4.79 Å². The van der Waals surface area contributed by atoms with Crippen LogP contribution in [0.5, 0.6) is 5.75 Å². The molecule has 0 fully saturated rings. The number of hydrogen-bond acceptors (Lipinski definition) is 6. The number of amides is 1. The van der Waals surface area contributed by atoms with Crippen molar-refractivity contribution in [3.63, 3.8) is 0 Å². The maximum atomic E-state index is 12.6. The van der Waals surface area contributed by atoms with E-state index in [1.807, 2.05) is 30.3 Å². The van der Waals surface area contributed by atoms with Crippen molar-refractivity contribution >= 4 is 57.7 Å². The molecule has 4 aromatic rings. The summed E-state index contributed by atoms with van der Waals surface area (Å²) < 4.78 is 10.9. The Balaban J connectivity index is 1.37. The quantitative estimate of drug-likeness (QED) is 0.383. The van der Waals surface area contributed by atoms with Gasteiger partial charge in [-0.3, -0.25) is 10.1 Å². The van der Waals surface area contributed by atoms with Gasteiger partial charge in [-0.15, -0.1) is 0 Å². The molecule has 2 aromatic carbocycles. The SMILES string of the molecule is COc1c(Cl)cc(Cl)cc1C(=O)NC(=S)NCc1ccc(-c2nc3ncccc3o2)cc1. The van der Waals surface area contributed by atoms with Crippen LogP contribution in [0.4, 0.5) is 0 Å². The normalized spacial score (nSPS) is 10.7. The number of nitrogens with zero attached hydrogens (tertiary/aromatic N) is 2. The van der Waals surface area contributed by atoms with E-state index in [4.69, 9.17) is 44.6 Å². The van der Waals surface area contributed by atoms with Crippen molar-refractivity contribution in [1.29, 1.82) is 0 Å². The van der Waals surface area contributed by atoms with E-state index >= 15 is 0 Å². The van der Waals surface area contributed by atoms with Gasteiger partial charge >= 0.3 is 0 Å². The average Bonchev–Trinajstić information content (AvgIpc) is 3.22. The second-order valence-corrected chi connectivity index (χ2v) is 7.90. The smallest absolute Gasteiger partial charge is 0.261 e. The Kier molecular flexibility index (Phi) is 6.55. The summed E-state index contributed by atoms with van der Waals surface area (Å²) in [6.45, 7) is 0.405. The standard InChI is InChI=1S/C22H16Cl2N4O3S/c1-30-18-15(9-14(23)10-16(18)24)20(29)28-22(32)26-11-12-4-6-13(7-5-12)21-27-19-17(31-21)3-2-8-25-19/h2-10H,11H2,1H3,(H2,26,28,29,32). The molecule has 7 nitrogen and oxygen atoms in total. The number of thiocarbonyl (C=S) groups is 1. The van der Waals surface area contributed by atoms with Crippen LogP contribution in [0.3, 0.4) is 0 Å². The second-order valence-electron chi connectivity index (χ2n) is 6.65. The lowest BCUT2D eigenvalue weighted by atomic mass is 10.1. The number of nitrogens with one attached hydrogen (secondary N) is 2. The molecule has 10 heteroatoms. The number of hydrogen-bond donors (Lipinski definition) is 2. The first-order valence-electron chi connectivity index (χ1n) is 9.37. The Hall–Kier alpha value is -3.20. The van der Waals surface area contributed by atoms with E-state index in [-0.39, 0.29) is 21.4 Å². The predicted octanol–water partition coefficient (Wildman–Crippen LogP) is 5.01. The molecule has 2 N–H and O–H groups in total. The molecule has 0 aliphatic carbocycles. The van der Waals surface area contributed by atoms with Gasteiger partial charge in [0, 0.05) is 23.3 Å². The molecule has 2 aromatic heterocycles. The van der Waals surface area contributed by atoms with Crippen molar-refractivity contribution in [2.24, 2.45) is 0 Å². The molecule has 4 rings (SSSR count).